The van der Waals surface area contributed by atoms with Gasteiger partial charge >= 0.3 is 5.97 Å². The number of carbonyl (C=O) groups is 2. The third-order valence-corrected chi connectivity index (χ3v) is 1.67. The minimum absolute atomic E-state index is 0.00306. The number of hydrogen-bond donors (Lipinski definition) is 1. The average Bonchev–Trinajstić information content (AvgIpc) is 2.30. The van der Waals surface area contributed by atoms with Crippen molar-refractivity contribution in [2.45, 2.75) is 0 Å². The van der Waals surface area contributed by atoms with E-state index in [1.54, 1.807) is 4.90 Å². The molecule has 0 aliphatic carbocycles. The van der Waals surface area contributed by atoms with Crippen molar-refractivity contribution in [3.05, 3.63) is 25.3 Å². The molecule has 15 heavy (non-hydrogen) atoms. The zero-order valence-corrected chi connectivity index (χ0v) is 8.52. The standard InChI is InChI=1S/C7H11NO2.C3H4O2/c1-2-7(9)8-3-5-10-6-4-8;1-2-3(4)5/h2H,1,3-6H2;2H,1H2,(H,4,5). The number of carboxylic acid groups (broad SMARTS) is 1. The summed E-state index contributed by atoms with van der Waals surface area (Å²) in [4.78, 5) is 21.9. The van der Waals surface area contributed by atoms with Gasteiger partial charge in [0.05, 0.1) is 13.2 Å². The lowest BCUT2D eigenvalue weighted by molar-refractivity contribution is -0.131. The molecule has 1 heterocycles. The number of hydrogen-bond acceptors (Lipinski definition) is 3. The highest BCUT2D eigenvalue weighted by Gasteiger charge is 2.12. The Morgan fingerprint density at radius 1 is 1.20 bits per heavy atom. The van der Waals surface area contributed by atoms with Crippen molar-refractivity contribution in [2.24, 2.45) is 0 Å². The van der Waals surface area contributed by atoms with Crippen molar-refractivity contribution in [3.8, 4) is 0 Å². The van der Waals surface area contributed by atoms with Crippen molar-refractivity contribution < 1.29 is 19.4 Å². The van der Waals surface area contributed by atoms with Gasteiger partial charge in [0, 0.05) is 19.2 Å². The summed E-state index contributed by atoms with van der Waals surface area (Å²) < 4.78 is 5.07. The van der Waals surface area contributed by atoms with Crippen LogP contribution < -0.4 is 0 Å². The Morgan fingerprint density at radius 3 is 2.00 bits per heavy atom. The quantitative estimate of drug-likeness (QED) is 0.669. The SMILES string of the molecule is C=CC(=O)N1CCOCC1.C=CC(=O)O. The number of rotatable bonds is 2. The van der Waals surface area contributed by atoms with Crippen LogP contribution in [0.5, 0.6) is 0 Å². The van der Waals surface area contributed by atoms with E-state index in [1.165, 1.54) is 6.08 Å². The fourth-order valence-electron chi connectivity index (χ4n) is 0.913. The molecule has 0 saturated carbocycles. The molecule has 5 heteroatoms. The minimum atomic E-state index is -0.981. The molecule has 0 unspecified atom stereocenters. The van der Waals surface area contributed by atoms with E-state index in [-0.39, 0.29) is 5.91 Å². The first-order valence-corrected chi connectivity index (χ1v) is 4.46. The van der Waals surface area contributed by atoms with E-state index in [2.05, 4.69) is 13.2 Å². The Labute approximate surface area is 88.6 Å². The lowest BCUT2D eigenvalue weighted by Crippen LogP contribution is -2.39. The number of amides is 1. The Morgan fingerprint density at radius 2 is 1.67 bits per heavy atom. The predicted octanol–water partition coefficient (Wildman–Crippen LogP) is 0.288. The van der Waals surface area contributed by atoms with Gasteiger partial charge in [-0.1, -0.05) is 13.2 Å². The van der Waals surface area contributed by atoms with Gasteiger partial charge in [0.15, 0.2) is 0 Å². The molecule has 1 aliphatic rings. The van der Waals surface area contributed by atoms with Gasteiger partial charge in [-0.3, -0.25) is 4.79 Å². The highest BCUT2D eigenvalue weighted by molar-refractivity contribution is 5.87. The maximum Gasteiger partial charge on any atom is 0.327 e. The smallest absolute Gasteiger partial charge is 0.327 e. The second kappa shape index (κ2) is 7.75. The summed E-state index contributed by atoms with van der Waals surface area (Å²) in [5, 5.41) is 7.60. The Hall–Kier alpha value is -1.62. The van der Waals surface area contributed by atoms with Gasteiger partial charge in [-0.25, -0.2) is 4.79 Å². The van der Waals surface area contributed by atoms with Crippen LogP contribution in [0.25, 0.3) is 0 Å². The van der Waals surface area contributed by atoms with Crippen LogP contribution in [0, 0.1) is 0 Å². The summed E-state index contributed by atoms with van der Waals surface area (Å²) in [5.74, 6) is -0.978. The number of carboxylic acids is 1. The molecular formula is C10H15NO4. The Kier molecular flexibility index (Phi) is 6.92. The monoisotopic (exact) mass is 213 g/mol. The summed E-state index contributed by atoms with van der Waals surface area (Å²) in [6.45, 7) is 9.07. The maximum absolute atomic E-state index is 10.9. The zero-order valence-electron chi connectivity index (χ0n) is 8.52. The van der Waals surface area contributed by atoms with E-state index in [0.717, 1.165) is 6.08 Å². The highest BCUT2D eigenvalue weighted by Crippen LogP contribution is 1.96. The molecule has 1 aliphatic heterocycles. The molecule has 1 saturated heterocycles. The average molecular weight is 213 g/mol. The van der Waals surface area contributed by atoms with Gasteiger partial charge in [-0.2, -0.15) is 0 Å². The van der Waals surface area contributed by atoms with Gasteiger partial charge in [-0.05, 0) is 6.08 Å². The molecule has 0 atom stereocenters. The normalized spacial score (nSPS) is 14.5. The number of ether oxygens (including phenoxy) is 1. The van der Waals surface area contributed by atoms with Crippen molar-refractivity contribution in [3.63, 3.8) is 0 Å². The van der Waals surface area contributed by atoms with E-state index < -0.39 is 5.97 Å². The Balaban J connectivity index is 0.000000336. The van der Waals surface area contributed by atoms with Crippen LogP contribution in [0.3, 0.4) is 0 Å². The molecule has 0 aromatic heterocycles. The summed E-state index contributed by atoms with van der Waals surface area (Å²) in [6, 6.07) is 0. The lowest BCUT2D eigenvalue weighted by Gasteiger charge is -2.25. The van der Waals surface area contributed by atoms with Gasteiger partial charge in [-0.15, -0.1) is 0 Å². The predicted molar refractivity (Wildman–Crippen MR) is 55.4 cm³/mol. The molecule has 1 rings (SSSR count). The van der Waals surface area contributed by atoms with Crippen LogP contribution in [0.1, 0.15) is 0 Å². The minimum Gasteiger partial charge on any atom is -0.478 e. The summed E-state index contributed by atoms with van der Waals surface area (Å²) in [7, 11) is 0. The topological polar surface area (TPSA) is 66.8 Å². The fraction of sp³-hybridized carbons (Fsp3) is 0.400. The molecule has 0 radical (unpaired) electrons. The molecule has 0 aromatic rings. The number of nitrogens with zero attached hydrogens (tertiary/aromatic N) is 1. The van der Waals surface area contributed by atoms with E-state index in [0.29, 0.717) is 26.3 Å². The maximum atomic E-state index is 10.9. The zero-order chi connectivity index (χ0) is 11.7. The molecule has 0 spiro atoms. The van der Waals surface area contributed by atoms with Crippen LogP contribution in [0.15, 0.2) is 25.3 Å². The van der Waals surface area contributed by atoms with E-state index in [9.17, 15) is 9.59 Å². The third-order valence-electron chi connectivity index (χ3n) is 1.67. The van der Waals surface area contributed by atoms with Gasteiger partial charge in [0.25, 0.3) is 0 Å². The second-order valence-electron chi connectivity index (χ2n) is 2.68. The van der Waals surface area contributed by atoms with Crippen LogP contribution in [-0.2, 0) is 14.3 Å². The van der Waals surface area contributed by atoms with Gasteiger partial charge in [0.1, 0.15) is 0 Å². The van der Waals surface area contributed by atoms with Crippen molar-refractivity contribution in [1.29, 1.82) is 0 Å². The van der Waals surface area contributed by atoms with Crippen LogP contribution in [0.4, 0.5) is 0 Å². The Bertz CT molecular complexity index is 244. The molecule has 0 aromatic carbocycles. The number of aliphatic carboxylic acids is 1. The molecule has 0 bridgehead atoms. The first-order chi connectivity index (χ1) is 7.11. The largest absolute Gasteiger partial charge is 0.478 e. The molecular weight excluding hydrogens is 198 g/mol. The van der Waals surface area contributed by atoms with Crippen molar-refractivity contribution in [2.75, 3.05) is 26.3 Å². The highest BCUT2D eigenvalue weighted by atomic mass is 16.5. The van der Waals surface area contributed by atoms with E-state index >= 15 is 0 Å². The van der Waals surface area contributed by atoms with E-state index in [1.807, 2.05) is 0 Å². The molecule has 1 amide bonds. The van der Waals surface area contributed by atoms with Crippen LogP contribution >= 0.6 is 0 Å². The fourth-order valence-corrected chi connectivity index (χ4v) is 0.913. The van der Waals surface area contributed by atoms with Crippen molar-refractivity contribution in [1.82, 2.24) is 4.90 Å². The second-order valence-corrected chi connectivity index (χ2v) is 2.68. The lowest BCUT2D eigenvalue weighted by atomic mass is 10.4. The summed E-state index contributed by atoms with van der Waals surface area (Å²) in [5.41, 5.74) is 0. The van der Waals surface area contributed by atoms with Crippen LogP contribution in [-0.4, -0.2) is 48.2 Å². The summed E-state index contributed by atoms with van der Waals surface area (Å²) >= 11 is 0. The molecule has 1 fully saturated rings. The molecule has 84 valence electrons. The van der Waals surface area contributed by atoms with Crippen molar-refractivity contribution >= 4 is 11.9 Å². The third kappa shape index (κ3) is 6.45. The number of carbonyl (C=O) groups excluding carboxylic acids is 1. The van der Waals surface area contributed by atoms with Gasteiger partial charge < -0.3 is 14.7 Å². The van der Waals surface area contributed by atoms with E-state index in [4.69, 9.17) is 9.84 Å². The summed E-state index contributed by atoms with van der Waals surface area (Å²) in [6.07, 6.45) is 2.17. The first-order valence-electron chi connectivity index (χ1n) is 4.46. The van der Waals surface area contributed by atoms with Crippen LogP contribution in [0.2, 0.25) is 0 Å². The number of morpholine rings is 1. The van der Waals surface area contributed by atoms with Gasteiger partial charge in [0.2, 0.25) is 5.91 Å². The molecule has 1 N–H and O–H groups in total. The molecule has 5 nitrogen and oxygen atoms in total. The first kappa shape index (κ1) is 13.4.